The van der Waals surface area contributed by atoms with Gasteiger partial charge in [-0.2, -0.15) is 18.3 Å². The highest BCUT2D eigenvalue weighted by Gasteiger charge is 2.36. The van der Waals surface area contributed by atoms with Crippen molar-refractivity contribution < 1.29 is 27.5 Å². The fourth-order valence-corrected chi connectivity index (χ4v) is 3.19. The molecule has 33 heavy (non-hydrogen) atoms. The van der Waals surface area contributed by atoms with E-state index >= 15 is 0 Å². The minimum Gasteiger partial charge on any atom is -0.490 e. The molecule has 0 spiro atoms. The SMILES string of the molecule is NC(=O)c1ccc(CNC(=O)c2cnn(Cc3ccc(OC4CC4)c(C(F)(F)F)c3)c2)cc1. The van der Waals surface area contributed by atoms with Gasteiger partial charge in [-0.3, -0.25) is 14.3 Å². The predicted molar refractivity (Wildman–Crippen MR) is 113 cm³/mol. The summed E-state index contributed by atoms with van der Waals surface area (Å²) in [6.45, 7) is 0.287. The van der Waals surface area contributed by atoms with E-state index in [0.29, 0.717) is 11.1 Å². The van der Waals surface area contributed by atoms with Gasteiger partial charge in [-0.1, -0.05) is 18.2 Å². The van der Waals surface area contributed by atoms with Gasteiger partial charge < -0.3 is 15.8 Å². The topological polar surface area (TPSA) is 99.2 Å². The van der Waals surface area contributed by atoms with Crippen molar-refractivity contribution in [1.82, 2.24) is 15.1 Å². The number of nitrogens with one attached hydrogen (secondary N) is 1. The minimum absolute atomic E-state index is 0.0641. The molecular weight excluding hydrogens is 437 g/mol. The van der Waals surface area contributed by atoms with E-state index in [4.69, 9.17) is 10.5 Å². The molecule has 0 saturated heterocycles. The number of nitrogens with two attached hydrogens (primary N) is 1. The molecule has 2 amide bonds. The molecule has 2 aromatic carbocycles. The van der Waals surface area contributed by atoms with E-state index in [1.165, 1.54) is 23.1 Å². The molecule has 3 aromatic rings. The summed E-state index contributed by atoms with van der Waals surface area (Å²) in [6.07, 6.45) is -0.351. The summed E-state index contributed by atoms with van der Waals surface area (Å²) in [5, 5.41) is 6.81. The monoisotopic (exact) mass is 458 g/mol. The van der Waals surface area contributed by atoms with E-state index in [9.17, 15) is 22.8 Å². The molecule has 1 aromatic heterocycles. The second kappa shape index (κ2) is 8.97. The van der Waals surface area contributed by atoms with Crippen LogP contribution in [0.2, 0.25) is 0 Å². The van der Waals surface area contributed by atoms with Gasteiger partial charge in [-0.25, -0.2) is 0 Å². The lowest BCUT2D eigenvalue weighted by atomic mass is 10.1. The molecule has 1 aliphatic rings. The number of benzene rings is 2. The highest BCUT2D eigenvalue weighted by molar-refractivity contribution is 5.94. The predicted octanol–water partition coefficient (Wildman–Crippen LogP) is 3.52. The van der Waals surface area contributed by atoms with E-state index in [-0.39, 0.29) is 36.4 Å². The average Bonchev–Trinajstić information content (AvgIpc) is 3.47. The van der Waals surface area contributed by atoms with Crippen LogP contribution >= 0.6 is 0 Å². The summed E-state index contributed by atoms with van der Waals surface area (Å²) in [5.41, 5.74) is 6.17. The minimum atomic E-state index is -4.54. The van der Waals surface area contributed by atoms with Crippen molar-refractivity contribution >= 4 is 11.8 Å². The first-order chi connectivity index (χ1) is 15.7. The number of halogens is 3. The molecule has 7 nitrogen and oxygen atoms in total. The Morgan fingerprint density at radius 2 is 1.79 bits per heavy atom. The number of primary amides is 1. The number of amides is 2. The summed E-state index contributed by atoms with van der Waals surface area (Å²) in [4.78, 5) is 23.5. The van der Waals surface area contributed by atoms with Crippen LogP contribution in [0.25, 0.3) is 0 Å². The number of hydrogen-bond donors (Lipinski definition) is 2. The van der Waals surface area contributed by atoms with Crippen LogP contribution in [0.5, 0.6) is 5.75 Å². The van der Waals surface area contributed by atoms with Crippen molar-refractivity contribution in [3.05, 3.63) is 82.7 Å². The van der Waals surface area contributed by atoms with Gasteiger partial charge in [0.25, 0.3) is 5.91 Å². The van der Waals surface area contributed by atoms with Gasteiger partial charge in [0.2, 0.25) is 5.91 Å². The first-order valence-corrected chi connectivity index (χ1v) is 10.3. The molecule has 4 rings (SSSR count). The van der Waals surface area contributed by atoms with Crippen LogP contribution in [0.3, 0.4) is 0 Å². The van der Waals surface area contributed by atoms with Crippen LogP contribution in [0, 0.1) is 0 Å². The van der Waals surface area contributed by atoms with Crippen LogP contribution in [-0.4, -0.2) is 27.7 Å². The Balaban J connectivity index is 1.39. The maximum atomic E-state index is 13.5. The number of nitrogens with zero attached hydrogens (tertiary/aromatic N) is 2. The molecule has 172 valence electrons. The smallest absolute Gasteiger partial charge is 0.419 e. The van der Waals surface area contributed by atoms with E-state index in [0.717, 1.165) is 24.5 Å². The zero-order valence-electron chi connectivity index (χ0n) is 17.4. The van der Waals surface area contributed by atoms with Crippen LogP contribution in [0.15, 0.2) is 54.9 Å². The molecule has 0 aliphatic heterocycles. The highest BCUT2D eigenvalue weighted by Crippen LogP contribution is 2.39. The molecule has 0 radical (unpaired) electrons. The van der Waals surface area contributed by atoms with Crippen molar-refractivity contribution in [1.29, 1.82) is 0 Å². The molecule has 10 heteroatoms. The molecule has 1 aliphatic carbocycles. The summed E-state index contributed by atoms with van der Waals surface area (Å²) >= 11 is 0. The number of alkyl halides is 3. The number of carbonyl (C=O) groups excluding carboxylic acids is 2. The normalized spacial score (nSPS) is 13.5. The molecule has 1 fully saturated rings. The van der Waals surface area contributed by atoms with Gasteiger partial charge in [0.1, 0.15) is 5.75 Å². The zero-order valence-corrected chi connectivity index (χ0v) is 17.4. The lowest BCUT2D eigenvalue weighted by molar-refractivity contribution is -0.139. The second-order valence-corrected chi connectivity index (χ2v) is 7.82. The van der Waals surface area contributed by atoms with E-state index < -0.39 is 17.6 Å². The van der Waals surface area contributed by atoms with Gasteiger partial charge in [-0.05, 0) is 48.2 Å². The maximum absolute atomic E-state index is 13.5. The molecule has 3 N–H and O–H groups in total. The van der Waals surface area contributed by atoms with Crippen molar-refractivity contribution in [2.75, 3.05) is 0 Å². The average molecular weight is 458 g/mol. The Labute approximate surface area is 187 Å². The third kappa shape index (κ3) is 5.71. The quantitative estimate of drug-likeness (QED) is 0.540. The summed E-state index contributed by atoms with van der Waals surface area (Å²) in [5.74, 6) is -1.09. The number of ether oxygens (including phenoxy) is 1. The number of hydrogen-bond acceptors (Lipinski definition) is 4. The molecule has 0 bridgehead atoms. The first kappa shape index (κ1) is 22.4. The Morgan fingerprint density at radius 3 is 2.42 bits per heavy atom. The molecule has 1 heterocycles. The lowest BCUT2D eigenvalue weighted by Gasteiger charge is -2.15. The Kier molecular flexibility index (Phi) is 6.08. The molecule has 0 atom stereocenters. The van der Waals surface area contributed by atoms with E-state index in [2.05, 4.69) is 10.4 Å². The van der Waals surface area contributed by atoms with Crippen molar-refractivity contribution in [3.8, 4) is 5.75 Å². The Morgan fingerprint density at radius 1 is 1.09 bits per heavy atom. The molecule has 1 saturated carbocycles. The Bertz CT molecular complexity index is 1170. The first-order valence-electron chi connectivity index (χ1n) is 10.3. The van der Waals surface area contributed by atoms with E-state index in [1.54, 1.807) is 30.3 Å². The van der Waals surface area contributed by atoms with Crippen LogP contribution in [0.1, 0.15) is 50.2 Å². The van der Waals surface area contributed by atoms with Gasteiger partial charge >= 0.3 is 6.18 Å². The molecular formula is C23H21F3N4O3. The Hall–Kier alpha value is -3.82. The van der Waals surface area contributed by atoms with Gasteiger partial charge in [0.15, 0.2) is 0 Å². The molecule has 0 unspecified atom stereocenters. The van der Waals surface area contributed by atoms with E-state index in [1.807, 2.05) is 0 Å². The number of rotatable bonds is 8. The number of carbonyl (C=O) groups is 2. The van der Waals surface area contributed by atoms with Crippen molar-refractivity contribution in [2.45, 2.75) is 38.2 Å². The summed E-state index contributed by atoms with van der Waals surface area (Å²) < 4.78 is 47.2. The van der Waals surface area contributed by atoms with Crippen LogP contribution < -0.4 is 15.8 Å². The second-order valence-electron chi connectivity index (χ2n) is 7.82. The van der Waals surface area contributed by atoms with Gasteiger partial charge in [0, 0.05) is 18.3 Å². The zero-order chi connectivity index (χ0) is 23.6. The third-order valence-corrected chi connectivity index (χ3v) is 5.10. The third-order valence-electron chi connectivity index (χ3n) is 5.10. The van der Waals surface area contributed by atoms with Crippen molar-refractivity contribution in [3.63, 3.8) is 0 Å². The van der Waals surface area contributed by atoms with Gasteiger partial charge in [0.05, 0.1) is 30.0 Å². The van der Waals surface area contributed by atoms with Crippen LogP contribution in [-0.2, 0) is 19.3 Å². The fraction of sp³-hybridized carbons (Fsp3) is 0.261. The highest BCUT2D eigenvalue weighted by atomic mass is 19.4. The number of aromatic nitrogens is 2. The summed E-state index contributed by atoms with van der Waals surface area (Å²) in [6, 6.07) is 10.4. The van der Waals surface area contributed by atoms with Crippen molar-refractivity contribution in [2.24, 2.45) is 5.73 Å². The maximum Gasteiger partial charge on any atom is 0.419 e. The summed E-state index contributed by atoms with van der Waals surface area (Å²) in [7, 11) is 0. The largest absolute Gasteiger partial charge is 0.490 e. The standard InChI is InChI=1S/C23H21F3N4O3/c24-23(25,26)19-9-15(3-8-20(19)33-18-6-7-18)12-30-13-17(11-29-30)22(32)28-10-14-1-4-16(5-2-14)21(27)31/h1-5,8-9,11,13,18H,6-7,10,12H2,(H2,27,31)(H,28,32). The fourth-order valence-electron chi connectivity index (χ4n) is 3.19. The van der Waals surface area contributed by atoms with Gasteiger partial charge in [-0.15, -0.1) is 0 Å². The lowest BCUT2D eigenvalue weighted by Crippen LogP contribution is -2.22. The van der Waals surface area contributed by atoms with Crippen LogP contribution in [0.4, 0.5) is 13.2 Å².